The van der Waals surface area contributed by atoms with Crippen molar-refractivity contribution in [3.05, 3.63) is 17.4 Å². The molecule has 2 heteroatoms. The van der Waals surface area contributed by atoms with Crippen molar-refractivity contribution < 1.29 is 0 Å². The average Bonchev–Trinajstić information content (AvgIpc) is 2.68. The first-order chi connectivity index (χ1) is 7.84. The normalized spacial score (nSPS) is 11.3. The maximum absolute atomic E-state index is 5.90. The second-order valence-corrected chi connectivity index (χ2v) is 5.80. The van der Waals surface area contributed by atoms with Gasteiger partial charge in [-0.15, -0.1) is 8.19 Å². The summed E-state index contributed by atoms with van der Waals surface area (Å²) in [7, 11) is 0.752. The van der Waals surface area contributed by atoms with Gasteiger partial charge in [-0.05, 0) is 24.2 Å². The van der Waals surface area contributed by atoms with Crippen LogP contribution in [-0.2, 0) is 6.42 Å². The summed E-state index contributed by atoms with van der Waals surface area (Å²) < 4.78 is 0. The third-order valence-electron chi connectivity index (χ3n) is 3.17. The fourth-order valence-corrected chi connectivity index (χ4v) is 2.94. The van der Waals surface area contributed by atoms with Crippen molar-refractivity contribution in [2.75, 3.05) is 5.73 Å². The summed E-state index contributed by atoms with van der Waals surface area (Å²) in [5.74, 6) is 2.20. The van der Waals surface area contributed by atoms with Crippen molar-refractivity contribution in [2.24, 2.45) is 0 Å². The topological polar surface area (TPSA) is 26.0 Å². The van der Waals surface area contributed by atoms with Gasteiger partial charge in [-0.2, -0.15) is 0 Å². The van der Waals surface area contributed by atoms with Gasteiger partial charge in [-0.25, -0.2) is 0 Å². The molecule has 1 aromatic heterocycles. The molecule has 1 rings (SSSR count). The van der Waals surface area contributed by atoms with Gasteiger partial charge in [0.25, 0.3) is 0 Å². The number of nitrogen functional groups attached to an aromatic ring is 1. The minimum atomic E-state index is 0.752. The first kappa shape index (κ1) is 13.6. The number of hydrogen-bond donors (Lipinski definition) is 1. The van der Waals surface area contributed by atoms with Crippen LogP contribution in [0.15, 0.2) is 11.9 Å². The molecule has 0 saturated heterocycles. The molecule has 16 heavy (non-hydrogen) atoms. The lowest BCUT2D eigenvalue weighted by Gasteiger charge is -2.02. The highest BCUT2D eigenvalue weighted by molar-refractivity contribution is 7.33. The quantitative estimate of drug-likeness (QED) is 0.604. The van der Waals surface area contributed by atoms with Gasteiger partial charge in [0.1, 0.15) is 0 Å². The highest BCUT2D eigenvalue weighted by Crippen LogP contribution is 2.25. The maximum atomic E-state index is 5.90. The average molecular weight is 239 g/mol. The molecular formula is C14H26NP. The Bertz CT molecular complexity index is 267. The van der Waals surface area contributed by atoms with E-state index in [4.69, 9.17) is 5.73 Å². The van der Waals surface area contributed by atoms with Crippen molar-refractivity contribution in [3.8, 4) is 0 Å². The zero-order chi connectivity index (χ0) is 11.6. The van der Waals surface area contributed by atoms with Crippen LogP contribution in [0.3, 0.4) is 0 Å². The van der Waals surface area contributed by atoms with Crippen LogP contribution < -0.4 is 5.73 Å². The highest BCUT2D eigenvalue weighted by atomic mass is 31.0. The largest absolute Gasteiger partial charge is 0.396 e. The lowest BCUT2D eigenvalue weighted by Crippen LogP contribution is -1.89. The van der Waals surface area contributed by atoms with Crippen LogP contribution in [0.1, 0.15) is 63.9 Å². The predicted molar refractivity (Wildman–Crippen MR) is 76.7 cm³/mol. The van der Waals surface area contributed by atoms with Crippen LogP contribution in [-0.4, -0.2) is 0 Å². The lowest BCUT2D eigenvalue weighted by molar-refractivity contribution is 0.576. The third kappa shape index (κ3) is 5.61. The molecule has 0 aliphatic heterocycles. The van der Waals surface area contributed by atoms with Gasteiger partial charge in [0.05, 0.1) is 5.42 Å². The summed E-state index contributed by atoms with van der Waals surface area (Å²) in [4.78, 5) is 0. The number of hydrogen-bond acceptors (Lipinski definition) is 1. The SMILES string of the molecule is CCCCCCCCCCc1cc[pH]c1N. The molecule has 0 aliphatic carbocycles. The molecule has 0 spiro atoms. The van der Waals surface area contributed by atoms with E-state index in [1.807, 2.05) is 0 Å². The Morgan fingerprint density at radius 3 is 2.19 bits per heavy atom. The van der Waals surface area contributed by atoms with E-state index in [0.717, 1.165) is 13.6 Å². The van der Waals surface area contributed by atoms with E-state index in [2.05, 4.69) is 18.8 Å². The third-order valence-corrected chi connectivity index (χ3v) is 4.13. The predicted octanol–water partition coefficient (Wildman–Crippen LogP) is 4.98. The minimum absolute atomic E-state index is 0.752. The van der Waals surface area contributed by atoms with Crippen LogP contribution in [0.2, 0.25) is 0 Å². The Balaban J connectivity index is 1.91. The van der Waals surface area contributed by atoms with E-state index >= 15 is 0 Å². The van der Waals surface area contributed by atoms with Crippen LogP contribution in [0.4, 0.5) is 5.42 Å². The summed E-state index contributed by atoms with van der Waals surface area (Å²) in [5, 5.41) is 0. The van der Waals surface area contributed by atoms with E-state index in [1.54, 1.807) is 0 Å². The van der Waals surface area contributed by atoms with E-state index in [1.165, 1.54) is 63.4 Å². The second-order valence-electron chi connectivity index (χ2n) is 4.64. The van der Waals surface area contributed by atoms with Gasteiger partial charge >= 0.3 is 0 Å². The first-order valence-electron chi connectivity index (χ1n) is 6.76. The van der Waals surface area contributed by atoms with Crippen LogP contribution >= 0.6 is 8.19 Å². The molecule has 1 aromatic rings. The van der Waals surface area contributed by atoms with Gasteiger partial charge in [-0.1, -0.05) is 57.9 Å². The van der Waals surface area contributed by atoms with Gasteiger partial charge in [0, 0.05) is 0 Å². The van der Waals surface area contributed by atoms with Crippen molar-refractivity contribution in [2.45, 2.75) is 64.7 Å². The monoisotopic (exact) mass is 239 g/mol. The first-order valence-corrected chi connectivity index (χ1v) is 7.84. The molecule has 0 fully saturated rings. The number of unbranched alkanes of at least 4 members (excludes halogenated alkanes) is 7. The molecule has 0 radical (unpaired) electrons. The molecule has 0 aliphatic rings. The smallest absolute Gasteiger partial charge is 0.0510 e. The summed E-state index contributed by atoms with van der Waals surface area (Å²) in [6.07, 6.45) is 12.3. The number of aryl methyl sites for hydroxylation is 1. The summed E-state index contributed by atoms with van der Waals surface area (Å²) in [6.45, 7) is 2.27. The second kappa shape index (κ2) is 8.70. The molecule has 0 amide bonds. The van der Waals surface area contributed by atoms with Crippen molar-refractivity contribution in [1.29, 1.82) is 0 Å². The minimum Gasteiger partial charge on any atom is -0.396 e. The Hall–Kier alpha value is -0.420. The molecule has 0 saturated carbocycles. The van der Waals surface area contributed by atoms with Gasteiger partial charge in [0.15, 0.2) is 0 Å². The van der Waals surface area contributed by atoms with E-state index in [0.29, 0.717) is 0 Å². The summed E-state index contributed by atoms with van der Waals surface area (Å²) in [6, 6.07) is 2.22. The van der Waals surface area contributed by atoms with E-state index < -0.39 is 0 Å². The fourth-order valence-electron chi connectivity index (χ4n) is 2.08. The Morgan fingerprint density at radius 2 is 1.62 bits per heavy atom. The van der Waals surface area contributed by atoms with Crippen LogP contribution in [0.25, 0.3) is 0 Å². The molecule has 1 atom stereocenters. The lowest BCUT2D eigenvalue weighted by atomic mass is 10.1. The molecule has 2 N–H and O–H groups in total. The summed E-state index contributed by atoms with van der Waals surface area (Å²) in [5.41, 5.74) is 8.44. The standard InChI is InChI=1S/C14H26NP/c1-2-3-4-5-6-7-8-9-10-13-11-12-16-14(13)15/h11-12,16H,2-10,15H2,1H3. The van der Waals surface area contributed by atoms with Crippen LogP contribution in [0.5, 0.6) is 0 Å². The zero-order valence-electron chi connectivity index (χ0n) is 10.6. The molecule has 0 bridgehead atoms. The maximum Gasteiger partial charge on any atom is 0.0510 e. The fraction of sp³-hybridized carbons (Fsp3) is 0.714. The Morgan fingerprint density at radius 1 is 1.00 bits per heavy atom. The molecule has 92 valence electrons. The van der Waals surface area contributed by atoms with E-state index in [9.17, 15) is 0 Å². The van der Waals surface area contributed by atoms with Crippen molar-refractivity contribution in [3.63, 3.8) is 0 Å². The van der Waals surface area contributed by atoms with Crippen LogP contribution in [0, 0.1) is 0 Å². The van der Waals surface area contributed by atoms with Crippen molar-refractivity contribution in [1.82, 2.24) is 0 Å². The zero-order valence-corrected chi connectivity index (χ0v) is 11.6. The Labute approximate surface area is 102 Å². The molecule has 1 nitrogen and oxygen atoms in total. The van der Waals surface area contributed by atoms with Crippen molar-refractivity contribution >= 4 is 13.6 Å². The van der Waals surface area contributed by atoms with Gasteiger partial charge in [-0.3, -0.25) is 0 Å². The highest BCUT2D eigenvalue weighted by Gasteiger charge is 1.98. The summed E-state index contributed by atoms with van der Waals surface area (Å²) >= 11 is 0. The molecule has 0 aromatic carbocycles. The van der Waals surface area contributed by atoms with Gasteiger partial charge < -0.3 is 5.73 Å². The number of rotatable bonds is 9. The number of anilines is 1. The molecular weight excluding hydrogens is 213 g/mol. The molecule has 1 unspecified atom stereocenters. The Kier molecular flexibility index (Phi) is 7.42. The number of nitrogens with two attached hydrogens (primary N) is 1. The molecule has 1 heterocycles. The van der Waals surface area contributed by atoms with Gasteiger partial charge in [0.2, 0.25) is 0 Å². The van der Waals surface area contributed by atoms with E-state index in [-0.39, 0.29) is 0 Å².